The van der Waals surface area contributed by atoms with Crippen LogP contribution in [0.4, 0.5) is 5.69 Å². The van der Waals surface area contributed by atoms with Crippen LogP contribution in [0.3, 0.4) is 0 Å². The molecule has 0 saturated heterocycles. The summed E-state index contributed by atoms with van der Waals surface area (Å²) in [5.74, 6) is 0. The number of H-pyrrole nitrogens is 1. The van der Waals surface area contributed by atoms with Crippen LogP contribution in [0.15, 0.2) is 56.6 Å². The molecule has 1 heterocycles. The van der Waals surface area contributed by atoms with Gasteiger partial charge in [0.05, 0.1) is 15.1 Å². The number of nitrogens with one attached hydrogen (secondary N) is 2. The fraction of sp³-hybridized carbons (Fsp3) is 0. The fourth-order valence-corrected chi connectivity index (χ4v) is 4.18. The number of hydrogen-bond acceptors (Lipinski definition) is 4. The topological polar surface area (TPSA) is 79.0 Å². The lowest BCUT2D eigenvalue weighted by molar-refractivity contribution is 0.601. The van der Waals surface area contributed by atoms with Gasteiger partial charge in [0.2, 0.25) is 0 Å². The number of anilines is 1. The van der Waals surface area contributed by atoms with Gasteiger partial charge in [0, 0.05) is 10.2 Å². The summed E-state index contributed by atoms with van der Waals surface area (Å²) >= 11 is 4.27. The molecular weight excluding hydrogens is 376 g/mol. The summed E-state index contributed by atoms with van der Waals surface area (Å²) in [4.78, 5) is 13.8. The van der Waals surface area contributed by atoms with Gasteiger partial charge in [-0.2, -0.15) is 0 Å². The van der Waals surface area contributed by atoms with Gasteiger partial charge >= 0.3 is 4.87 Å². The smallest absolute Gasteiger partial charge is 0.305 e. The zero-order valence-corrected chi connectivity index (χ0v) is 13.7. The lowest BCUT2D eigenvalue weighted by atomic mass is 10.3. The van der Waals surface area contributed by atoms with E-state index in [1.54, 1.807) is 30.3 Å². The molecule has 1 aromatic heterocycles. The molecule has 2 aromatic carbocycles. The van der Waals surface area contributed by atoms with E-state index in [0.29, 0.717) is 15.9 Å². The van der Waals surface area contributed by atoms with E-state index in [4.69, 9.17) is 0 Å². The number of thiazole rings is 1. The van der Waals surface area contributed by atoms with Crippen molar-refractivity contribution in [2.75, 3.05) is 4.72 Å². The Balaban J connectivity index is 2.01. The molecule has 0 amide bonds. The van der Waals surface area contributed by atoms with E-state index in [-0.39, 0.29) is 9.77 Å². The molecule has 0 bridgehead atoms. The first-order chi connectivity index (χ1) is 9.94. The minimum atomic E-state index is -3.69. The molecule has 0 fully saturated rings. The Morgan fingerprint density at radius 1 is 1.14 bits per heavy atom. The second-order valence-electron chi connectivity index (χ2n) is 4.29. The van der Waals surface area contributed by atoms with E-state index in [1.807, 2.05) is 0 Å². The van der Waals surface area contributed by atoms with Gasteiger partial charge in [-0.15, -0.1) is 0 Å². The van der Waals surface area contributed by atoms with Gasteiger partial charge in [0.1, 0.15) is 0 Å². The number of fused-ring (bicyclic) bond motifs is 1. The Hall–Kier alpha value is -1.64. The Labute approximate surface area is 132 Å². The zero-order valence-electron chi connectivity index (χ0n) is 10.5. The summed E-state index contributed by atoms with van der Waals surface area (Å²) in [5.41, 5.74) is 1.10. The van der Waals surface area contributed by atoms with Gasteiger partial charge in [-0.3, -0.25) is 9.52 Å². The number of rotatable bonds is 3. The van der Waals surface area contributed by atoms with Crippen LogP contribution in [0.5, 0.6) is 0 Å². The van der Waals surface area contributed by atoms with Crippen molar-refractivity contribution in [2.24, 2.45) is 0 Å². The lowest BCUT2D eigenvalue weighted by Gasteiger charge is -2.08. The standard InChI is InChI=1S/C13H9BrN2O3S2/c14-8-2-1-3-9(6-8)16-21(18,19)10-4-5-11-12(7-10)20-13(17)15-11/h1-7,16H,(H,15,17). The van der Waals surface area contributed by atoms with Crippen molar-refractivity contribution in [3.05, 3.63) is 56.6 Å². The monoisotopic (exact) mass is 384 g/mol. The van der Waals surface area contributed by atoms with Crippen LogP contribution in [-0.4, -0.2) is 13.4 Å². The van der Waals surface area contributed by atoms with Crippen molar-refractivity contribution in [3.8, 4) is 0 Å². The zero-order chi connectivity index (χ0) is 15.0. The van der Waals surface area contributed by atoms with Crippen molar-refractivity contribution in [1.29, 1.82) is 0 Å². The van der Waals surface area contributed by atoms with E-state index < -0.39 is 10.0 Å². The Bertz CT molecular complexity index is 976. The number of benzene rings is 2. The summed E-state index contributed by atoms with van der Waals surface area (Å²) in [5, 5.41) is 0. The average Bonchev–Trinajstić information content (AvgIpc) is 2.77. The molecule has 2 N–H and O–H groups in total. The molecule has 0 spiro atoms. The molecule has 0 aliphatic heterocycles. The Morgan fingerprint density at radius 3 is 2.71 bits per heavy atom. The van der Waals surface area contributed by atoms with Crippen LogP contribution < -0.4 is 9.60 Å². The van der Waals surface area contributed by atoms with Crippen molar-refractivity contribution in [1.82, 2.24) is 4.98 Å². The quantitative estimate of drug-likeness (QED) is 0.727. The first-order valence-electron chi connectivity index (χ1n) is 5.85. The third-order valence-electron chi connectivity index (χ3n) is 2.78. The molecule has 0 aliphatic rings. The van der Waals surface area contributed by atoms with E-state index in [1.165, 1.54) is 12.1 Å². The van der Waals surface area contributed by atoms with Crippen molar-refractivity contribution in [2.45, 2.75) is 4.90 Å². The summed E-state index contributed by atoms with van der Waals surface area (Å²) in [6, 6.07) is 11.4. The van der Waals surface area contributed by atoms with Crippen LogP contribution in [0.2, 0.25) is 0 Å². The van der Waals surface area contributed by atoms with Gasteiger partial charge in [-0.25, -0.2) is 8.42 Å². The van der Waals surface area contributed by atoms with Crippen LogP contribution in [-0.2, 0) is 10.0 Å². The summed E-state index contributed by atoms with van der Waals surface area (Å²) in [6.07, 6.45) is 0. The number of hydrogen-bond donors (Lipinski definition) is 2. The van der Waals surface area contributed by atoms with Gasteiger partial charge < -0.3 is 4.98 Å². The van der Waals surface area contributed by atoms with E-state index in [2.05, 4.69) is 25.6 Å². The highest BCUT2D eigenvalue weighted by molar-refractivity contribution is 9.10. The van der Waals surface area contributed by atoms with Gasteiger partial charge in [-0.05, 0) is 36.4 Å². The van der Waals surface area contributed by atoms with Gasteiger partial charge in [-0.1, -0.05) is 33.3 Å². The largest absolute Gasteiger partial charge is 0.312 e. The molecule has 3 rings (SSSR count). The Morgan fingerprint density at radius 2 is 1.95 bits per heavy atom. The minimum absolute atomic E-state index is 0.116. The molecular formula is C13H9BrN2O3S2. The second-order valence-corrected chi connectivity index (χ2v) is 7.90. The minimum Gasteiger partial charge on any atom is -0.312 e. The van der Waals surface area contributed by atoms with Crippen LogP contribution in [0.1, 0.15) is 0 Å². The van der Waals surface area contributed by atoms with Gasteiger partial charge in [0.15, 0.2) is 0 Å². The third-order valence-corrected chi connectivity index (χ3v) is 5.50. The van der Waals surface area contributed by atoms with Crippen LogP contribution in [0.25, 0.3) is 10.2 Å². The molecule has 21 heavy (non-hydrogen) atoms. The normalized spacial score (nSPS) is 11.7. The summed E-state index contributed by atoms with van der Waals surface area (Å²) in [6.45, 7) is 0. The number of aromatic nitrogens is 1. The highest BCUT2D eigenvalue weighted by Gasteiger charge is 2.15. The molecule has 0 aliphatic carbocycles. The van der Waals surface area contributed by atoms with E-state index in [9.17, 15) is 13.2 Å². The molecule has 0 radical (unpaired) electrons. The average molecular weight is 385 g/mol. The molecule has 5 nitrogen and oxygen atoms in total. The van der Waals surface area contributed by atoms with Crippen LogP contribution >= 0.6 is 27.3 Å². The van der Waals surface area contributed by atoms with E-state index >= 15 is 0 Å². The number of sulfonamides is 1. The predicted molar refractivity (Wildman–Crippen MR) is 87.4 cm³/mol. The van der Waals surface area contributed by atoms with Crippen LogP contribution in [0, 0.1) is 0 Å². The third kappa shape index (κ3) is 3.02. The first-order valence-corrected chi connectivity index (χ1v) is 8.94. The Kier molecular flexibility index (Phi) is 3.60. The van der Waals surface area contributed by atoms with Gasteiger partial charge in [0.25, 0.3) is 10.0 Å². The highest BCUT2D eigenvalue weighted by Crippen LogP contribution is 2.23. The first kappa shape index (κ1) is 14.3. The highest BCUT2D eigenvalue weighted by atomic mass is 79.9. The number of aromatic amines is 1. The molecule has 8 heteroatoms. The SMILES string of the molecule is O=c1[nH]c2ccc(S(=O)(=O)Nc3cccc(Br)c3)cc2s1. The van der Waals surface area contributed by atoms with Crippen molar-refractivity contribution >= 4 is 53.2 Å². The molecule has 0 atom stereocenters. The summed E-state index contributed by atoms with van der Waals surface area (Å²) in [7, 11) is -3.69. The molecule has 0 saturated carbocycles. The molecule has 3 aromatic rings. The molecule has 0 unspecified atom stereocenters. The second kappa shape index (κ2) is 5.28. The van der Waals surface area contributed by atoms with Crippen molar-refractivity contribution < 1.29 is 8.42 Å². The lowest BCUT2D eigenvalue weighted by Crippen LogP contribution is -2.12. The number of halogens is 1. The maximum Gasteiger partial charge on any atom is 0.305 e. The molecule has 108 valence electrons. The summed E-state index contributed by atoms with van der Waals surface area (Å²) < 4.78 is 28.6. The maximum absolute atomic E-state index is 12.4. The fourth-order valence-electron chi connectivity index (χ4n) is 1.86. The van der Waals surface area contributed by atoms with E-state index in [0.717, 1.165) is 15.8 Å². The van der Waals surface area contributed by atoms with Crippen molar-refractivity contribution in [3.63, 3.8) is 0 Å². The maximum atomic E-state index is 12.4. The predicted octanol–water partition coefficient (Wildman–Crippen LogP) is 3.15.